The van der Waals surface area contributed by atoms with Crippen molar-refractivity contribution in [1.82, 2.24) is 31.1 Å². The molecule has 13 nitrogen and oxygen atoms in total. The van der Waals surface area contributed by atoms with Crippen LogP contribution in [0.5, 0.6) is 0 Å². The molecule has 0 spiro atoms. The lowest BCUT2D eigenvalue weighted by molar-refractivity contribution is -0.153. The summed E-state index contributed by atoms with van der Waals surface area (Å²) < 4.78 is 0. The highest BCUT2D eigenvalue weighted by Gasteiger charge is 2.69. The van der Waals surface area contributed by atoms with Crippen molar-refractivity contribution in [3.63, 3.8) is 0 Å². The molecule has 296 valence electrons. The minimum absolute atomic E-state index is 0.0169. The van der Waals surface area contributed by atoms with Crippen LogP contribution in [-0.4, -0.2) is 95.0 Å². The van der Waals surface area contributed by atoms with Gasteiger partial charge in [0.2, 0.25) is 29.4 Å². The van der Waals surface area contributed by atoms with Gasteiger partial charge in [0.05, 0.1) is 12.1 Å². The van der Waals surface area contributed by atoms with E-state index < -0.39 is 58.6 Å². The standard InChI is InChI=1S/C40H64N6O7/c1-10-12-18-26(33(49)35(51)41-19-11-2)42-34(50)32-30-25(40(30,8)9)22-46(32)36(52)31(24-16-14-13-15-17-24)44-37(53)43-27(38(3,4)5)23-45-28(47)20-39(6,7)21-29(45)48/h11,24-27,30-32H,2,10,12-23H2,1,3-9H3,(H,41,51)(H,42,50)(H2,43,44,53)/t25-,26?,27-,30-,31-,32-/m0/s1. The molecule has 0 bridgehead atoms. The summed E-state index contributed by atoms with van der Waals surface area (Å²) in [6, 6.07) is -3.99. The molecule has 2 saturated heterocycles. The molecule has 2 heterocycles. The maximum Gasteiger partial charge on any atom is 0.315 e. The summed E-state index contributed by atoms with van der Waals surface area (Å²) in [6.45, 7) is 19.7. The van der Waals surface area contributed by atoms with Crippen LogP contribution in [0, 0.1) is 34.0 Å². The molecule has 4 rings (SSSR count). The molecule has 0 aromatic heterocycles. The van der Waals surface area contributed by atoms with Crippen LogP contribution in [0.2, 0.25) is 0 Å². The van der Waals surface area contributed by atoms with E-state index in [0.29, 0.717) is 13.0 Å². The molecule has 4 N–H and O–H groups in total. The first kappa shape index (κ1) is 42.0. The Bertz CT molecular complexity index is 1420. The third kappa shape index (κ3) is 9.86. The summed E-state index contributed by atoms with van der Waals surface area (Å²) in [7, 11) is 0. The van der Waals surface area contributed by atoms with Crippen LogP contribution in [0.15, 0.2) is 12.7 Å². The van der Waals surface area contributed by atoms with E-state index in [1.54, 1.807) is 4.90 Å². The van der Waals surface area contributed by atoms with Crippen molar-refractivity contribution in [3.8, 4) is 0 Å². The number of likely N-dealkylation sites (tertiary alicyclic amines) is 2. The Balaban J connectivity index is 1.55. The van der Waals surface area contributed by atoms with Gasteiger partial charge >= 0.3 is 6.03 Å². The zero-order valence-electron chi connectivity index (χ0n) is 33.3. The Hall–Kier alpha value is -3.77. The minimum atomic E-state index is -1.04. The van der Waals surface area contributed by atoms with Crippen molar-refractivity contribution in [3.05, 3.63) is 12.7 Å². The summed E-state index contributed by atoms with van der Waals surface area (Å²) >= 11 is 0. The highest BCUT2D eigenvalue weighted by atomic mass is 16.2. The molecular weight excluding hydrogens is 676 g/mol. The van der Waals surface area contributed by atoms with Crippen LogP contribution in [0.3, 0.4) is 0 Å². The number of nitrogens with zero attached hydrogens (tertiary/aromatic N) is 2. The maximum absolute atomic E-state index is 14.7. The molecule has 53 heavy (non-hydrogen) atoms. The number of carbonyl (C=O) groups is 7. The first-order chi connectivity index (χ1) is 24.7. The number of imide groups is 1. The minimum Gasteiger partial charge on any atom is -0.346 e. The van der Waals surface area contributed by atoms with Gasteiger partial charge in [-0.3, -0.25) is 33.7 Å². The molecule has 0 aromatic rings. The zero-order valence-corrected chi connectivity index (χ0v) is 33.3. The maximum atomic E-state index is 14.7. The third-order valence-corrected chi connectivity index (χ3v) is 12.1. The zero-order chi connectivity index (χ0) is 39.5. The Morgan fingerprint density at radius 3 is 2.13 bits per heavy atom. The van der Waals surface area contributed by atoms with E-state index in [4.69, 9.17) is 0 Å². The number of rotatable bonds is 15. The lowest BCUT2D eigenvalue weighted by Gasteiger charge is -2.40. The lowest BCUT2D eigenvalue weighted by Crippen LogP contribution is -2.62. The normalized spacial score (nSPS) is 25.4. The van der Waals surface area contributed by atoms with Gasteiger partial charge in [-0.05, 0) is 53.3 Å². The fraction of sp³-hybridized carbons (Fsp3) is 0.775. The van der Waals surface area contributed by atoms with Crippen molar-refractivity contribution in [1.29, 1.82) is 0 Å². The Labute approximate surface area is 315 Å². The number of unbranched alkanes of at least 4 members (excludes halogenated alkanes) is 1. The first-order valence-corrected chi connectivity index (χ1v) is 19.7. The quantitative estimate of drug-likeness (QED) is 0.112. The number of carbonyl (C=O) groups excluding carboxylic acids is 7. The molecule has 2 aliphatic heterocycles. The van der Waals surface area contributed by atoms with Gasteiger partial charge in [0.25, 0.3) is 5.91 Å². The van der Waals surface area contributed by atoms with Crippen LogP contribution in [0.1, 0.15) is 120 Å². The van der Waals surface area contributed by atoms with Gasteiger partial charge in [-0.15, -0.1) is 6.58 Å². The second-order valence-corrected chi connectivity index (χ2v) is 18.3. The molecular formula is C40H64N6O7. The second kappa shape index (κ2) is 16.7. The number of amides is 7. The van der Waals surface area contributed by atoms with Gasteiger partial charge in [0, 0.05) is 32.5 Å². The van der Waals surface area contributed by atoms with Crippen molar-refractivity contribution in [2.75, 3.05) is 19.6 Å². The highest BCUT2D eigenvalue weighted by Crippen LogP contribution is 2.65. The number of ketones is 1. The fourth-order valence-electron chi connectivity index (χ4n) is 8.66. The summed E-state index contributed by atoms with van der Waals surface area (Å²) in [5.74, 6) is -3.11. The molecule has 4 fully saturated rings. The van der Waals surface area contributed by atoms with Gasteiger partial charge in [-0.2, -0.15) is 0 Å². The van der Waals surface area contributed by atoms with Crippen molar-refractivity contribution in [2.24, 2.45) is 34.0 Å². The predicted octanol–water partition coefficient (Wildman–Crippen LogP) is 3.85. The van der Waals surface area contributed by atoms with Crippen LogP contribution in [-0.2, 0) is 28.8 Å². The van der Waals surface area contributed by atoms with Gasteiger partial charge in [-0.25, -0.2) is 4.79 Å². The number of nitrogens with one attached hydrogen (secondary N) is 4. The van der Waals surface area contributed by atoms with E-state index in [1.165, 1.54) is 11.0 Å². The molecule has 0 radical (unpaired) electrons. The van der Waals surface area contributed by atoms with Crippen LogP contribution >= 0.6 is 0 Å². The van der Waals surface area contributed by atoms with Gasteiger partial charge in [0.15, 0.2) is 0 Å². The second-order valence-electron chi connectivity index (χ2n) is 18.3. The number of urea groups is 1. The molecule has 2 aliphatic carbocycles. The number of piperidine rings is 2. The third-order valence-electron chi connectivity index (χ3n) is 12.1. The summed E-state index contributed by atoms with van der Waals surface area (Å²) in [5, 5.41) is 11.4. The molecule has 4 aliphatic rings. The van der Waals surface area contributed by atoms with E-state index in [9.17, 15) is 33.6 Å². The molecule has 0 aromatic carbocycles. The van der Waals surface area contributed by atoms with E-state index in [1.807, 2.05) is 41.5 Å². The molecule has 13 heteroatoms. The molecule has 7 amide bonds. The molecule has 2 saturated carbocycles. The van der Waals surface area contributed by atoms with Crippen LogP contribution in [0.4, 0.5) is 4.79 Å². The monoisotopic (exact) mass is 740 g/mol. The smallest absolute Gasteiger partial charge is 0.315 e. The van der Waals surface area contributed by atoms with Crippen LogP contribution in [0.25, 0.3) is 0 Å². The van der Waals surface area contributed by atoms with Crippen LogP contribution < -0.4 is 21.3 Å². The number of hydrogen-bond donors (Lipinski definition) is 4. The molecule has 1 unspecified atom stereocenters. The molecule has 6 atom stereocenters. The SMILES string of the molecule is C=CCNC(=O)C(=O)C(CCCC)NC(=O)[C@@H]1[C@@H]2[C@H](CN1C(=O)[C@@H](NC(=O)N[C@@H](CN1C(=O)CC(C)(C)CC1=O)C(C)(C)C)C1CCCCC1)C2(C)C. The first-order valence-electron chi connectivity index (χ1n) is 19.7. The van der Waals surface area contributed by atoms with Gasteiger partial charge in [-0.1, -0.05) is 93.6 Å². The van der Waals surface area contributed by atoms with Crippen molar-refractivity contribution >= 4 is 41.4 Å². The highest BCUT2D eigenvalue weighted by molar-refractivity contribution is 6.38. The summed E-state index contributed by atoms with van der Waals surface area (Å²) in [4.78, 5) is 97.5. The summed E-state index contributed by atoms with van der Waals surface area (Å²) in [5.41, 5.74) is -1.16. The largest absolute Gasteiger partial charge is 0.346 e. The topological polar surface area (TPSA) is 174 Å². The summed E-state index contributed by atoms with van der Waals surface area (Å²) in [6.07, 6.45) is 7.94. The van der Waals surface area contributed by atoms with E-state index >= 15 is 0 Å². The van der Waals surface area contributed by atoms with E-state index in [-0.39, 0.29) is 73.2 Å². The van der Waals surface area contributed by atoms with Gasteiger partial charge in [0.1, 0.15) is 12.1 Å². The number of hydrogen-bond acceptors (Lipinski definition) is 7. The Kier molecular flexibility index (Phi) is 13.2. The fourth-order valence-corrected chi connectivity index (χ4v) is 8.66. The Morgan fingerprint density at radius 1 is 0.943 bits per heavy atom. The van der Waals surface area contributed by atoms with Gasteiger partial charge < -0.3 is 26.2 Å². The van der Waals surface area contributed by atoms with E-state index in [2.05, 4.69) is 41.7 Å². The number of Topliss-reactive ketones (excluding diaryl/α,β-unsaturated/α-hetero) is 1. The van der Waals surface area contributed by atoms with E-state index in [0.717, 1.165) is 38.5 Å². The lowest BCUT2D eigenvalue weighted by atomic mass is 9.80. The van der Waals surface area contributed by atoms with Crippen molar-refractivity contribution in [2.45, 2.75) is 144 Å². The average molecular weight is 741 g/mol. The predicted molar refractivity (Wildman–Crippen MR) is 201 cm³/mol. The van der Waals surface area contributed by atoms with Crippen molar-refractivity contribution < 1.29 is 33.6 Å². The Morgan fingerprint density at radius 2 is 1.57 bits per heavy atom. The number of fused-ring (bicyclic) bond motifs is 1. The average Bonchev–Trinajstić information content (AvgIpc) is 3.37.